The Morgan fingerprint density at radius 1 is 1.17 bits per heavy atom. The van der Waals surface area contributed by atoms with Crippen LogP contribution in [-0.4, -0.2) is 50.2 Å². The number of methoxy groups -OCH3 is 2. The van der Waals surface area contributed by atoms with E-state index in [4.69, 9.17) is 9.47 Å². The highest BCUT2D eigenvalue weighted by molar-refractivity contribution is 8.00. The lowest BCUT2D eigenvalue weighted by Gasteiger charge is -2.13. The average molecular weight is 417 g/mol. The van der Waals surface area contributed by atoms with Gasteiger partial charge in [-0.3, -0.25) is 19.1 Å². The van der Waals surface area contributed by atoms with Crippen molar-refractivity contribution >= 4 is 17.7 Å². The molecule has 0 aliphatic carbocycles. The molecule has 152 valence electrons. The zero-order chi connectivity index (χ0) is 21.0. The van der Waals surface area contributed by atoms with Crippen LogP contribution in [0.25, 0.3) is 5.69 Å². The number of esters is 1. The van der Waals surface area contributed by atoms with Gasteiger partial charge in [-0.1, -0.05) is 11.8 Å². The van der Waals surface area contributed by atoms with Crippen LogP contribution < -0.4 is 16.0 Å². The number of ether oxygens (including phenoxy) is 2. The lowest BCUT2D eigenvalue weighted by molar-refractivity contribution is -0.139. The number of H-pyrrole nitrogens is 2. The van der Waals surface area contributed by atoms with Gasteiger partial charge >= 0.3 is 11.7 Å². The van der Waals surface area contributed by atoms with Gasteiger partial charge in [-0.05, 0) is 31.2 Å². The van der Waals surface area contributed by atoms with Gasteiger partial charge in [0.1, 0.15) is 16.8 Å². The first kappa shape index (κ1) is 20.4. The minimum absolute atomic E-state index is 0.158. The third kappa shape index (κ3) is 4.74. The summed E-state index contributed by atoms with van der Waals surface area (Å²) in [5.74, 6) is 0.773. The van der Waals surface area contributed by atoms with Gasteiger partial charge in [0, 0.05) is 23.9 Å². The molecule has 0 spiro atoms. The third-order valence-corrected chi connectivity index (χ3v) is 5.03. The van der Waals surface area contributed by atoms with E-state index in [9.17, 15) is 14.4 Å². The zero-order valence-corrected chi connectivity index (χ0v) is 16.8. The van der Waals surface area contributed by atoms with Crippen LogP contribution in [0.1, 0.15) is 18.4 Å². The van der Waals surface area contributed by atoms with E-state index in [0.717, 1.165) is 5.69 Å². The maximum absolute atomic E-state index is 11.8. The first-order valence-electron chi connectivity index (χ1n) is 8.57. The van der Waals surface area contributed by atoms with Crippen LogP contribution in [-0.2, 0) is 16.0 Å². The van der Waals surface area contributed by atoms with Crippen LogP contribution in [0.3, 0.4) is 0 Å². The van der Waals surface area contributed by atoms with Gasteiger partial charge in [-0.15, -0.1) is 10.2 Å². The van der Waals surface area contributed by atoms with Crippen LogP contribution in [0, 0.1) is 0 Å². The SMILES string of the molecule is COC(=O)[C@@H](C)Sc1nnc(Cc2cc(=O)[nH]c(=O)[nH]2)n1-c1ccc(OC)cc1. The molecule has 0 aliphatic rings. The summed E-state index contributed by atoms with van der Waals surface area (Å²) in [6, 6.07) is 8.50. The maximum Gasteiger partial charge on any atom is 0.325 e. The second-order valence-electron chi connectivity index (χ2n) is 6.01. The summed E-state index contributed by atoms with van der Waals surface area (Å²) in [6.07, 6.45) is 0.158. The van der Waals surface area contributed by atoms with Crippen molar-refractivity contribution in [2.24, 2.45) is 0 Å². The lowest BCUT2D eigenvalue weighted by Crippen LogP contribution is -2.23. The van der Waals surface area contributed by atoms with Crippen molar-refractivity contribution in [2.45, 2.75) is 23.8 Å². The molecule has 0 unspecified atom stereocenters. The minimum atomic E-state index is -0.600. The molecular weight excluding hydrogens is 398 g/mol. The van der Waals surface area contributed by atoms with Gasteiger partial charge in [0.05, 0.1) is 14.2 Å². The Morgan fingerprint density at radius 3 is 2.52 bits per heavy atom. The molecule has 2 heterocycles. The van der Waals surface area contributed by atoms with Crippen LogP contribution in [0.5, 0.6) is 5.75 Å². The predicted molar refractivity (Wildman–Crippen MR) is 106 cm³/mol. The van der Waals surface area contributed by atoms with Gasteiger partial charge in [0.15, 0.2) is 5.16 Å². The molecule has 2 aromatic heterocycles. The molecule has 1 aromatic carbocycles. The highest BCUT2D eigenvalue weighted by atomic mass is 32.2. The van der Waals surface area contributed by atoms with Crippen molar-refractivity contribution in [3.05, 3.63) is 62.7 Å². The second-order valence-corrected chi connectivity index (χ2v) is 7.31. The van der Waals surface area contributed by atoms with Gasteiger partial charge in [-0.2, -0.15) is 0 Å². The first-order chi connectivity index (χ1) is 13.9. The maximum atomic E-state index is 11.8. The number of nitrogens with one attached hydrogen (secondary N) is 2. The van der Waals surface area contributed by atoms with E-state index in [-0.39, 0.29) is 12.4 Å². The smallest absolute Gasteiger partial charge is 0.325 e. The Balaban J connectivity index is 2.04. The van der Waals surface area contributed by atoms with Crippen molar-refractivity contribution in [2.75, 3.05) is 14.2 Å². The van der Waals surface area contributed by atoms with Gasteiger partial charge < -0.3 is 14.5 Å². The molecule has 0 amide bonds. The van der Waals surface area contributed by atoms with Gasteiger partial charge in [-0.25, -0.2) is 4.79 Å². The second kappa shape index (κ2) is 8.78. The molecule has 0 bridgehead atoms. The van der Waals surface area contributed by atoms with Crippen LogP contribution >= 0.6 is 11.8 Å². The predicted octanol–water partition coefficient (Wildman–Crippen LogP) is 0.897. The molecule has 0 radical (unpaired) electrons. The Kier molecular flexibility index (Phi) is 6.17. The average Bonchev–Trinajstić information content (AvgIpc) is 3.08. The highest BCUT2D eigenvalue weighted by Crippen LogP contribution is 2.27. The molecule has 0 aliphatic heterocycles. The number of aromatic nitrogens is 5. The molecule has 3 rings (SSSR count). The monoisotopic (exact) mass is 417 g/mol. The van der Waals surface area contributed by atoms with Crippen LogP contribution in [0.4, 0.5) is 0 Å². The van der Waals surface area contributed by atoms with E-state index in [1.165, 1.54) is 24.9 Å². The van der Waals surface area contributed by atoms with Crippen molar-refractivity contribution < 1.29 is 14.3 Å². The number of carbonyl (C=O) groups excluding carboxylic acids is 1. The van der Waals surface area contributed by atoms with E-state index in [1.807, 2.05) is 12.1 Å². The first-order valence-corrected chi connectivity index (χ1v) is 9.45. The van der Waals surface area contributed by atoms with Gasteiger partial charge in [0.2, 0.25) is 0 Å². The Labute approximate surface area is 169 Å². The molecule has 29 heavy (non-hydrogen) atoms. The van der Waals surface area contributed by atoms with E-state index in [0.29, 0.717) is 22.4 Å². The topological polar surface area (TPSA) is 132 Å². The molecule has 1 atom stereocenters. The van der Waals surface area contributed by atoms with E-state index >= 15 is 0 Å². The summed E-state index contributed by atoms with van der Waals surface area (Å²) >= 11 is 1.19. The number of hydrogen-bond donors (Lipinski definition) is 2. The van der Waals surface area contributed by atoms with E-state index < -0.39 is 16.5 Å². The van der Waals surface area contributed by atoms with Crippen LogP contribution in [0.15, 0.2) is 45.1 Å². The van der Waals surface area contributed by atoms with E-state index in [2.05, 4.69) is 20.2 Å². The molecule has 2 N–H and O–H groups in total. The summed E-state index contributed by atoms with van der Waals surface area (Å²) in [5.41, 5.74) is 0.0149. The quantitative estimate of drug-likeness (QED) is 0.428. The lowest BCUT2D eigenvalue weighted by atomic mass is 10.2. The fraction of sp³-hybridized carbons (Fsp3) is 0.278. The van der Waals surface area contributed by atoms with Crippen LogP contribution in [0.2, 0.25) is 0 Å². The summed E-state index contributed by atoms with van der Waals surface area (Å²) in [6.45, 7) is 1.71. The number of aromatic amines is 2. The van der Waals surface area contributed by atoms with Crippen molar-refractivity contribution in [1.29, 1.82) is 0 Å². The summed E-state index contributed by atoms with van der Waals surface area (Å²) < 4.78 is 11.7. The van der Waals surface area contributed by atoms with Crippen molar-refractivity contribution in [3.63, 3.8) is 0 Å². The van der Waals surface area contributed by atoms with Crippen molar-refractivity contribution in [3.8, 4) is 11.4 Å². The molecule has 10 nitrogen and oxygen atoms in total. The number of benzene rings is 1. The molecular formula is C18H19N5O5S. The molecule has 0 saturated carbocycles. The number of thioether (sulfide) groups is 1. The van der Waals surface area contributed by atoms with Crippen molar-refractivity contribution in [1.82, 2.24) is 24.7 Å². The molecule has 0 saturated heterocycles. The summed E-state index contributed by atoms with van der Waals surface area (Å²) in [4.78, 5) is 39.7. The Morgan fingerprint density at radius 2 is 1.90 bits per heavy atom. The third-order valence-electron chi connectivity index (χ3n) is 4.01. The molecule has 11 heteroatoms. The largest absolute Gasteiger partial charge is 0.497 e. The number of rotatable bonds is 7. The standard InChI is InChI=1S/C18H19N5O5S/c1-10(16(25)28-3)29-18-22-21-14(8-11-9-15(24)20-17(26)19-11)23(18)12-4-6-13(27-2)7-5-12/h4-7,9-10H,8H2,1-3H3,(H2,19,20,24,26)/t10-/m1/s1. The minimum Gasteiger partial charge on any atom is -0.497 e. The number of hydrogen-bond acceptors (Lipinski definition) is 8. The summed E-state index contributed by atoms with van der Waals surface area (Å²) in [5, 5.41) is 8.36. The normalized spacial score (nSPS) is 11.8. The highest BCUT2D eigenvalue weighted by Gasteiger charge is 2.22. The Hall–Kier alpha value is -3.34. The molecule has 3 aromatic rings. The fourth-order valence-electron chi connectivity index (χ4n) is 2.64. The number of nitrogens with zero attached hydrogens (tertiary/aromatic N) is 3. The number of carbonyl (C=O) groups is 1. The summed E-state index contributed by atoms with van der Waals surface area (Å²) in [7, 11) is 2.89. The molecule has 0 fully saturated rings. The fourth-order valence-corrected chi connectivity index (χ4v) is 3.55. The van der Waals surface area contributed by atoms with Gasteiger partial charge in [0.25, 0.3) is 5.56 Å². The van der Waals surface area contributed by atoms with E-state index in [1.54, 1.807) is 30.7 Å². The Bertz CT molecular complexity index is 1090. The zero-order valence-electron chi connectivity index (χ0n) is 16.0.